The van der Waals surface area contributed by atoms with Gasteiger partial charge in [0.25, 0.3) is 0 Å². The van der Waals surface area contributed by atoms with E-state index in [1.54, 1.807) is 0 Å². The number of anilines is 1. The number of amides is 1. The maximum absolute atomic E-state index is 12.4. The number of aromatic amines is 1. The van der Waals surface area contributed by atoms with E-state index in [2.05, 4.69) is 37.2 Å². The molecule has 1 aliphatic carbocycles. The van der Waals surface area contributed by atoms with Gasteiger partial charge >= 0.3 is 0 Å². The van der Waals surface area contributed by atoms with E-state index in [1.807, 2.05) is 6.92 Å². The van der Waals surface area contributed by atoms with Gasteiger partial charge in [0.1, 0.15) is 5.00 Å². The molecule has 7 nitrogen and oxygen atoms in total. The van der Waals surface area contributed by atoms with Crippen LogP contribution in [0.1, 0.15) is 38.3 Å². The van der Waals surface area contributed by atoms with Gasteiger partial charge in [-0.25, -0.2) is 0 Å². The lowest BCUT2D eigenvalue weighted by atomic mass is 9.82. The van der Waals surface area contributed by atoms with Crippen molar-refractivity contribution in [1.29, 1.82) is 0 Å². The number of hydrogen-bond acceptors (Lipinski definition) is 6. The molecule has 2 aromatic heterocycles. The summed E-state index contributed by atoms with van der Waals surface area (Å²) in [5, 5.41) is 17.7. The number of H-pyrrole nitrogens is 1. The van der Waals surface area contributed by atoms with Crippen LogP contribution in [0.4, 0.5) is 5.00 Å². The second kappa shape index (κ2) is 5.88. The van der Waals surface area contributed by atoms with Crippen LogP contribution < -0.4 is 5.32 Å². The maximum atomic E-state index is 12.4. The van der Waals surface area contributed by atoms with Crippen LogP contribution in [-0.4, -0.2) is 30.9 Å². The fourth-order valence-corrected chi connectivity index (χ4v) is 3.67. The molecule has 3 rings (SSSR count). The summed E-state index contributed by atoms with van der Waals surface area (Å²) in [6.45, 7) is 4.08. The van der Waals surface area contributed by atoms with Gasteiger partial charge in [-0.05, 0) is 42.4 Å². The number of rotatable bonds is 3. The molecular weight excluding hydrogens is 288 g/mol. The molecule has 2 N–H and O–H groups in total. The van der Waals surface area contributed by atoms with Crippen molar-refractivity contribution in [1.82, 2.24) is 25.0 Å². The molecule has 2 atom stereocenters. The fourth-order valence-electron chi connectivity index (χ4n) is 2.87. The number of aryl methyl sites for hydroxylation is 1. The first kappa shape index (κ1) is 14.1. The molecule has 1 saturated carbocycles. The largest absolute Gasteiger partial charge is 0.316 e. The van der Waals surface area contributed by atoms with Crippen LogP contribution in [0.2, 0.25) is 0 Å². The zero-order chi connectivity index (χ0) is 14.8. The molecule has 8 heteroatoms. The van der Waals surface area contributed by atoms with Crippen molar-refractivity contribution in [2.24, 2.45) is 11.8 Å². The van der Waals surface area contributed by atoms with E-state index >= 15 is 0 Å². The van der Waals surface area contributed by atoms with E-state index in [0.29, 0.717) is 16.7 Å². The van der Waals surface area contributed by atoms with E-state index in [1.165, 1.54) is 18.0 Å². The average Bonchev–Trinajstić information content (AvgIpc) is 3.09. The predicted octanol–water partition coefficient (Wildman–Crippen LogP) is 2.40. The van der Waals surface area contributed by atoms with Gasteiger partial charge in [0.15, 0.2) is 0 Å². The third kappa shape index (κ3) is 2.94. The summed E-state index contributed by atoms with van der Waals surface area (Å²) in [6.07, 6.45) is 4.27. The molecule has 21 heavy (non-hydrogen) atoms. The number of carbonyl (C=O) groups excluding carboxylic acids is 1. The van der Waals surface area contributed by atoms with Gasteiger partial charge in [-0.1, -0.05) is 19.8 Å². The number of carbonyl (C=O) groups is 1. The standard InChI is InChI=1S/C13H18N6OS/c1-7-4-3-5-9(6-7)12(20)14-13-10(8(2)17-21-13)11-15-18-19-16-11/h7,9H,3-6H2,1-2H3,(H,14,20)(H,15,16,18,19). The summed E-state index contributed by atoms with van der Waals surface area (Å²) in [5.41, 5.74) is 1.56. The zero-order valence-corrected chi connectivity index (χ0v) is 12.9. The highest BCUT2D eigenvalue weighted by Crippen LogP contribution is 2.34. The average molecular weight is 306 g/mol. The maximum Gasteiger partial charge on any atom is 0.228 e. The van der Waals surface area contributed by atoms with Crippen molar-refractivity contribution in [3.8, 4) is 11.4 Å². The molecule has 2 unspecified atom stereocenters. The summed E-state index contributed by atoms with van der Waals surface area (Å²) >= 11 is 1.26. The molecule has 0 aromatic carbocycles. The third-order valence-corrected chi connectivity index (χ3v) is 4.83. The Labute approximate surface area is 126 Å². The topological polar surface area (TPSA) is 96.5 Å². The lowest BCUT2D eigenvalue weighted by Crippen LogP contribution is -2.27. The molecule has 0 saturated heterocycles. The molecule has 112 valence electrons. The molecule has 0 radical (unpaired) electrons. The quantitative estimate of drug-likeness (QED) is 0.907. The van der Waals surface area contributed by atoms with E-state index in [-0.39, 0.29) is 11.8 Å². The Morgan fingerprint density at radius 1 is 1.43 bits per heavy atom. The Morgan fingerprint density at radius 2 is 2.29 bits per heavy atom. The van der Waals surface area contributed by atoms with Crippen LogP contribution in [0.15, 0.2) is 0 Å². The number of hydrogen-bond donors (Lipinski definition) is 2. The Morgan fingerprint density at radius 3 is 3.00 bits per heavy atom. The van der Waals surface area contributed by atoms with Gasteiger partial charge in [-0.3, -0.25) is 4.79 Å². The first-order valence-corrected chi connectivity index (χ1v) is 7.93. The van der Waals surface area contributed by atoms with Gasteiger partial charge < -0.3 is 5.32 Å². The van der Waals surface area contributed by atoms with Crippen LogP contribution in [0.3, 0.4) is 0 Å². The van der Waals surface area contributed by atoms with E-state index in [9.17, 15) is 4.79 Å². The Kier molecular flexibility index (Phi) is 3.96. The Bertz CT molecular complexity index is 623. The van der Waals surface area contributed by atoms with Crippen molar-refractivity contribution in [2.75, 3.05) is 5.32 Å². The molecule has 2 aromatic rings. The molecule has 1 amide bonds. The van der Waals surface area contributed by atoms with Crippen molar-refractivity contribution >= 4 is 22.4 Å². The summed E-state index contributed by atoms with van der Waals surface area (Å²) in [7, 11) is 0. The monoisotopic (exact) mass is 306 g/mol. The van der Waals surface area contributed by atoms with Crippen LogP contribution in [0.5, 0.6) is 0 Å². The van der Waals surface area contributed by atoms with Gasteiger partial charge in [-0.2, -0.15) is 9.59 Å². The Hall–Kier alpha value is -1.83. The molecular formula is C13H18N6OS. The summed E-state index contributed by atoms with van der Waals surface area (Å²) < 4.78 is 4.29. The first-order valence-electron chi connectivity index (χ1n) is 7.16. The second-order valence-corrected chi connectivity index (χ2v) is 6.44. The van der Waals surface area contributed by atoms with Gasteiger partial charge in [-0.15, -0.1) is 10.2 Å². The highest BCUT2D eigenvalue weighted by Gasteiger charge is 2.27. The molecule has 0 spiro atoms. The normalized spacial score (nSPS) is 22.2. The van der Waals surface area contributed by atoms with E-state index < -0.39 is 0 Å². The molecule has 1 aliphatic rings. The third-order valence-electron chi connectivity index (χ3n) is 3.98. The van der Waals surface area contributed by atoms with E-state index in [0.717, 1.165) is 30.5 Å². The number of tetrazole rings is 1. The number of nitrogens with one attached hydrogen (secondary N) is 2. The molecule has 0 bridgehead atoms. The SMILES string of the molecule is Cc1nsc(NC(=O)C2CCCC(C)C2)c1-c1nn[nH]n1. The predicted molar refractivity (Wildman–Crippen MR) is 79.8 cm³/mol. The van der Waals surface area contributed by atoms with Crippen molar-refractivity contribution in [3.63, 3.8) is 0 Å². The summed E-state index contributed by atoms with van der Waals surface area (Å²) in [6, 6.07) is 0. The number of aromatic nitrogens is 5. The smallest absolute Gasteiger partial charge is 0.228 e. The molecule has 0 aliphatic heterocycles. The highest BCUT2D eigenvalue weighted by molar-refractivity contribution is 7.11. The van der Waals surface area contributed by atoms with Crippen LogP contribution in [0, 0.1) is 18.8 Å². The zero-order valence-electron chi connectivity index (χ0n) is 12.1. The molecule has 1 fully saturated rings. The van der Waals surface area contributed by atoms with Crippen LogP contribution in [0.25, 0.3) is 11.4 Å². The first-order chi connectivity index (χ1) is 10.1. The van der Waals surface area contributed by atoms with Crippen molar-refractivity contribution in [2.45, 2.75) is 39.5 Å². The number of nitrogens with zero attached hydrogens (tertiary/aromatic N) is 4. The highest BCUT2D eigenvalue weighted by atomic mass is 32.1. The van der Waals surface area contributed by atoms with Crippen LogP contribution in [-0.2, 0) is 4.79 Å². The minimum Gasteiger partial charge on any atom is -0.316 e. The van der Waals surface area contributed by atoms with E-state index in [4.69, 9.17) is 0 Å². The lowest BCUT2D eigenvalue weighted by Gasteiger charge is -2.25. The van der Waals surface area contributed by atoms with Gasteiger partial charge in [0, 0.05) is 5.92 Å². The summed E-state index contributed by atoms with van der Waals surface area (Å²) in [4.78, 5) is 12.4. The molecule has 2 heterocycles. The van der Waals surface area contributed by atoms with Crippen molar-refractivity contribution in [3.05, 3.63) is 5.69 Å². The summed E-state index contributed by atoms with van der Waals surface area (Å²) in [5.74, 6) is 1.26. The minimum absolute atomic E-state index is 0.0787. The fraction of sp³-hybridized carbons (Fsp3) is 0.615. The Balaban J connectivity index is 1.78. The van der Waals surface area contributed by atoms with Crippen molar-refractivity contribution < 1.29 is 4.79 Å². The van der Waals surface area contributed by atoms with Gasteiger partial charge in [0.05, 0.1) is 11.3 Å². The van der Waals surface area contributed by atoms with Gasteiger partial charge in [0.2, 0.25) is 11.7 Å². The lowest BCUT2D eigenvalue weighted by molar-refractivity contribution is -0.121. The van der Waals surface area contributed by atoms with Crippen LogP contribution >= 0.6 is 11.5 Å². The second-order valence-electron chi connectivity index (χ2n) is 5.67. The minimum atomic E-state index is 0.0787.